The Hall–Kier alpha value is -1.42. The van der Waals surface area contributed by atoms with Crippen LogP contribution in [0.3, 0.4) is 0 Å². The first-order valence-corrected chi connectivity index (χ1v) is 5.03. The Balaban J connectivity index is 2.61. The van der Waals surface area contributed by atoms with Crippen LogP contribution in [-0.2, 0) is 9.53 Å². The zero-order chi connectivity index (χ0) is 11.1. The number of nitrogens with two attached hydrogens (primary N) is 1. The van der Waals surface area contributed by atoms with E-state index in [2.05, 4.69) is 4.98 Å². The molecule has 1 aromatic rings. The molecule has 82 valence electrons. The monoisotopic (exact) mass is 208 g/mol. The average molecular weight is 208 g/mol. The Morgan fingerprint density at radius 1 is 1.53 bits per heavy atom. The molecule has 0 spiro atoms. The van der Waals surface area contributed by atoms with Crippen molar-refractivity contribution in [3.05, 3.63) is 30.1 Å². The Morgan fingerprint density at radius 3 is 2.73 bits per heavy atom. The van der Waals surface area contributed by atoms with Crippen molar-refractivity contribution in [1.82, 2.24) is 4.98 Å². The van der Waals surface area contributed by atoms with Gasteiger partial charge in [-0.1, -0.05) is 0 Å². The highest BCUT2D eigenvalue weighted by Gasteiger charge is 2.14. The molecule has 0 aliphatic rings. The molecule has 0 saturated heterocycles. The van der Waals surface area contributed by atoms with Crippen molar-refractivity contribution in [3.63, 3.8) is 0 Å². The number of carbonyl (C=O) groups excluding carboxylic acids is 1. The molecule has 1 atom stereocenters. The number of carbonyl (C=O) groups is 1. The van der Waals surface area contributed by atoms with Gasteiger partial charge in [0.1, 0.15) is 0 Å². The molecule has 1 unspecified atom stereocenters. The zero-order valence-corrected chi connectivity index (χ0v) is 8.85. The molecule has 1 rings (SSSR count). The third kappa shape index (κ3) is 3.67. The Labute approximate surface area is 89.5 Å². The van der Waals surface area contributed by atoms with Crippen molar-refractivity contribution in [2.45, 2.75) is 19.3 Å². The van der Waals surface area contributed by atoms with Gasteiger partial charge in [0.05, 0.1) is 13.0 Å². The van der Waals surface area contributed by atoms with E-state index in [0.717, 1.165) is 5.56 Å². The van der Waals surface area contributed by atoms with Crippen LogP contribution in [-0.4, -0.2) is 24.1 Å². The highest BCUT2D eigenvalue weighted by molar-refractivity contribution is 5.70. The predicted molar refractivity (Wildman–Crippen MR) is 57.3 cm³/mol. The minimum Gasteiger partial charge on any atom is -0.466 e. The fourth-order valence-electron chi connectivity index (χ4n) is 1.39. The maximum Gasteiger partial charge on any atom is 0.306 e. The van der Waals surface area contributed by atoms with Gasteiger partial charge in [-0.25, -0.2) is 0 Å². The minimum atomic E-state index is -0.204. The van der Waals surface area contributed by atoms with Crippen molar-refractivity contribution >= 4 is 5.97 Å². The molecule has 1 heterocycles. The summed E-state index contributed by atoms with van der Waals surface area (Å²) in [6.45, 7) is 2.64. The van der Waals surface area contributed by atoms with Gasteiger partial charge in [0.15, 0.2) is 0 Å². The van der Waals surface area contributed by atoms with E-state index in [1.54, 1.807) is 19.3 Å². The van der Waals surface area contributed by atoms with Crippen LogP contribution in [0.25, 0.3) is 0 Å². The lowest BCUT2D eigenvalue weighted by molar-refractivity contribution is -0.143. The first-order chi connectivity index (χ1) is 7.27. The van der Waals surface area contributed by atoms with E-state index in [1.807, 2.05) is 12.1 Å². The molecule has 0 aliphatic heterocycles. The highest BCUT2D eigenvalue weighted by Crippen LogP contribution is 2.17. The second-order valence-corrected chi connectivity index (χ2v) is 3.22. The summed E-state index contributed by atoms with van der Waals surface area (Å²) in [5.41, 5.74) is 6.65. The third-order valence-electron chi connectivity index (χ3n) is 2.18. The number of ether oxygens (including phenoxy) is 1. The molecular weight excluding hydrogens is 192 g/mol. The van der Waals surface area contributed by atoms with Crippen molar-refractivity contribution in [3.8, 4) is 0 Å². The summed E-state index contributed by atoms with van der Waals surface area (Å²) in [7, 11) is 0. The van der Waals surface area contributed by atoms with Crippen LogP contribution in [0.4, 0.5) is 0 Å². The van der Waals surface area contributed by atoms with Gasteiger partial charge in [-0.3, -0.25) is 9.78 Å². The first-order valence-electron chi connectivity index (χ1n) is 5.03. The van der Waals surface area contributed by atoms with E-state index >= 15 is 0 Å². The molecule has 15 heavy (non-hydrogen) atoms. The molecule has 4 heteroatoms. The Kier molecular flexibility index (Phi) is 4.77. The summed E-state index contributed by atoms with van der Waals surface area (Å²) in [4.78, 5) is 15.2. The lowest BCUT2D eigenvalue weighted by Crippen LogP contribution is -2.18. The summed E-state index contributed by atoms with van der Waals surface area (Å²) in [6, 6.07) is 3.74. The second-order valence-electron chi connectivity index (χ2n) is 3.22. The van der Waals surface area contributed by atoms with Gasteiger partial charge in [0, 0.05) is 18.3 Å². The molecule has 4 nitrogen and oxygen atoms in total. The van der Waals surface area contributed by atoms with Gasteiger partial charge in [-0.05, 0) is 31.2 Å². The second kappa shape index (κ2) is 6.14. The van der Waals surface area contributed by atoms with Crippen molar-refractivity contribution in [2.24, 2.45) is 5.73 Å². The van der Waals surface area contributed by atoms with Crippen LogP contribution in [0.5, 0.6) is 0 Å². The third-order valence-corrected chi connectivity index (χ3v) is 2.18. The van der Waals surface area contributed by atoms with Crippen molar-refractivity contribution in [1.29, 1.82) is 0 Å². The van der Waals surface area contributed by atoms with Crippen molar-refractivity contribution in [2.75, 3.05) is 13.2 Å². The van der Waals surface area contributed by atoms with E-state index in [0.29, 0.717) is 19.6 Å². The molecule has 0 amide bonds. The number of hydrogen-bond acceptors (Lipinski definition) is 4. The van der Waals surface area contributed by atoms with Gasteiger partial charge in [0.2, 0.25) is 0 Å². The number of aromatic nitrogens is 1. The van der Waals surface area contributed by atoms with E-state index in [4.69, 9.17) is 10.5 Å². The fourth-order valence-corrected chi connectivity index (χ4v) is 1.39. The van der Waals surface area contributed by atoms with Crippen molar-refractivity contribution < 1.29 is 9.53 Å². The smallest absolute Gasteiger partial charge is 0.306 e. The summed E-state index contributed by atoms with van der Waals surface area (Å²) >= 11 is 0. The van der Waals surface area contributed by atoms with Crippen LogP contribution in [0.15, 0.2) is 24.5 Å². The summed E-state index contributed by atoms with van der Waals surface area (Å²) in [6.07, 6.45) is 3.72. The maximum atomic E-state index is 11.3. The Morgan fingerprint density at radius 2 is 2.20 bits per heavy atom. The van der Waals surface area contributed by atoms with E-state index in [1.165, 1.54) is 0 Å². The largest absolute Gasteiger partial charge is 0.466 e. The lowest BCUT2D eigenvalue weighted by Gasteiger charge is -2.13. The summed E-state index contributed by atoms with van der Waals surface area (Å²) < 4.78 is 4.89. The van der Waals surface area contributed by atoms with Crippen LogP contribution in [0, 0.1) is 0 Å². The molecule has 0 radical (unpaired) electrons. The molecule has 0 fully saturated rings. The van der Waals surface area contributed by atoms with E-state index < -0.39 is 0 Å². The summed E-state index contributed by atoms with van der Waals surface area (Å²) in [5, 5.41) is 0. The molecule has 0 saturated carbocycles. The highest BCUT2D eigenvalue weighted by atomic mass is 16.5. The van der Waals surface area contributed by atoms with Gasteiger partial charge in [-0.15, -0.1) is 0 Å². The molecule has 2 N–H and O–H groups in total. The number of rotatable bonds is 5. The van der Waals surface area contributed by atoms with Gasteiger partial charge >= 0.3 is 5.97 Å². The van der Waals surface area contributed by atoms with Crippen LogP contribution in [0.1, 0.15) is 24.8 Å². The standard InChI is InChI=1S/C11H16N2O2/c1-2-15-11(14)7-10(8-12)9-3-5-13-6-4-9/h3-6,10H,2,7-8,12H2,1H3. The quantitative estimate of drug-likeness (QED) is 0.735. The van der Waals surface area contributed by atoms with Crippen LogP contribution < -0.4 is 5.73 Å². The topological polar surface area (TPSA) is 65.2 Å². The number of esters is 1. The van der Waals surface area contributed by atoms with E-state index in [-0.39, 0.29) is 11.9 Å². The molecule has 0 aliphatic carbocycles. The van der Waals surface area contributed by atoms with Crippen LogP contribution >= 0.6 is 0 Å². The molecule has 1 aromatic heterocycles. The number of nitrogens with zero attached hydrogens (tertiary/aromatic N) is 1. The average Bonchev–Trinajstić information content (AvgIpc) is 2.27. The minimum absolute atomic E-state index is 0.0204. The number of pyridine rings is 1. The predicted octanol–water partition coefficient (Wildman–Crippen LogP) is 1.08. The molecule has 0 aromatic carbocycles. The Bertz CT molecular complexity index is 301. The van der Waals surface area contributed by atoms with Gasteiger partial charge < -0.3 is 10.5 Å². The van der Waals surface area contributed by atoms with Crippen LogP contribution in [0.2, 0.25) is 0 Å². The number of hydrogen-bond donors (Lipinski definition) is 1. The van der Waals surface area contributed by atoms with Gasteiger partial charge in [-0.2, -0.15) is 0 Å². The normalized spacial score (nSPS) is 12.1. The SMILES string of the molecule is CCOC(=O)CC(CN)c1ccncc1. The maximum absolute atomic E-state index is 11.3. The lowest BCUT2D eigenvalue weighted by atomic mass is 9.97. The molecular formula is C11H16N2O2. The molecule has 0 bridgehead atoms. The van der Waals surface area contributed by atoms with E-state index in [9.17, 15) is 4.79 Å². The zero-order valence-electron chi connectivity index (χ0n) is 8.85. The first kappa shape index (κ1) is 11.7. The fraction of sp³-hybridized carbons (Fsp3) is 0.455. The van der Waals surface area contributed by atoms with Gasteiger partial charge in [0.25, 0.3) is 0 Å². The summed E-state index contributed by atoms with van der Waals surface area (Å²) in [5.74, 6) is -0.184.